The number of hydrogen-bond donors (Lipinski definition) is 0. The van der Waals surface area contributed by atoms with E-state index in [4.69, 9.17) is 4.74 Å². The lowest BCUT2D eigenvalue weighted by Crippen LogP contribution is -2.38. The van der Waals surface area contributed by atoms with Gasteiger partial charge in [0.15, 0.2) is 5.17 Å². The Morgan fingerprint density at radius 3 is 2.81 bits per heavy atom. The first-order chi connectivity index (χ1) is 10.1. The van der Waals surface area contributed by atoms with Gasteiger partial charge in [-0.2, -0.15) is 4.99 Å². The van der Waals surface area contributed by atoms with Crippen molar-refractivity contribution in [3.8, 4) is 0 Å². The first kappa shape index (κ1) is 14.4. The van der Waals surface area contributed by atoms with E-state index in [1.807, 2.05) is 6.08 Å². The molecule has 1 aromatic rings. The monoisotopic (exact) mass is 302 g/mol. The Morgan fingerprint density at radius 2 is 2.05 bits per heavy atom. The maximum Gasteiger partial charge on any atom is 0.286 e. The molecule has 2 aliphatic heterocycles. The third-order valence-corrected chi connectivity index (χ3v) is 4.66. The number of carbonyl (C=O) groups excluding carboxylic acids is 1. The highest BCUT2D eigenvalue weighted by molar-refractivity contribution is 8.18. The maximum atomic E-state index is 12.1. The van der Waals surface area contributed by atoms with Crippen LogP contribution in [0.1, 0.15) is 16.7 Å². The van der Waals surface area contributed by atoms with Crippen LogP contribution in [0.2, 0.25) is 0 Å². The lowest BCUT2D eigenvalue weighted by atomic mass is 10.1. The first-order valence-corrected chi connectivity index (χ1v) is 7.87. The van der Waals surface area contributed by atoms with E-state index in [1.165, 1.54) is 22.9 Å². The van der Waals surface area contributed by atoms with Gasteiger partial charge >= 0.3 is 0 Å². The number of thioether (sulfide) groups is 1. The summed E-state index contributed by atoms with van der Waals surface area (Å²) in [5.41, 5.74) is 3.45. The number of nitrogens with zero attached hydrogens (tertiary/aromatic N) is 2. The van der Waals surface area contributed by atoms with E-state index in [1.54, 1.807) is 0 Å². The Morgan fingerprint density at radius 1 is 1.29 bits per heavy atom. The molecule has 0 aliphatic carbocycles. The molecule has 0 radical (unpaired) electrons. The number of aryl methyl sites for hydroxylation is 2. The molecule has 0 aromatic heterocycles. The van der Waals surface area contributed by atoms with E-state index < -0.39 is 0 Å². The fourth-order valence-electron chi connectivity index (χ4n) is 2.34. The second kappa shape index (κ2) is 6.03. The molecule has 5 heteroatoms. The molecule has 110 valence electrons. The minimum absolute atomic E-state index is 0.137. The lowest BCUT2D eigenvalue weighted by Gasteiger charge is -2.27. The van der Waals surface area contributed by atoms with E-state index in [0.29, 0.717) is 18.1 Å². The van der Waals surface area contributed by atoms with Crippen molar-refractivity contribution < 1.29 is 9.53 Å². The molecule has 4 nitrogen and oxygen atoms in total. The van der Waals surface area contributed by atoms with Crippen LogP contribution in [0.5, 0.6) is 0 Å². The predicted octanol–water partition coefficient (Wildman–Crippen LogP) is 2.61. The summed E-state index contributed by atoms with van der Waals surface area (Å²) in [5.74, 6) is -0.137. The molecule has 0 spiro atoms. The summed E-state index contributed by atoms with van der Waals surface area (Å²) in [6, 6.07) is 6.26. The van der Waals surface area contributed by atoms with Crippen molar-refractivity contribution in [2.75, 3.05) is 26.3 Å². The molecule has 2 aliphatic rings. The molecule has 0 atom stereocenters. The molecule has 1 aromatic carbocycles. The molecular formula is C16H18N2O2S. The number of amidine groups is 1. The van der Waals surface area contributed by atoms with Crippen molar-refractivity contribution in [3.63, 3.8) is 0 Å². The maximum absolute atomic E-state index is 12.1. The van der Waals surface area contributed by atoms with E-state index in [-0.39, 0.29) is 5.91 Å². The van der Waals surface area contributed by atoms with Gasteiger partial charge in [0.2, 0.25) is 0 Å². The van der Waals surface area contributed by atoms with Gasteiger partial charge in [0.25, 0.3) is 5.91 Å². The van der Waals surface area contributed by atoms with Crippen LogP contribution in [0.15, 0.2) is 28.1 Å². The smallest absolute Gasteiger partial charge is 0.286 e. The van der Waals surface area contributed by atoms with E-state index in [9.17, 15) is 4.79 Å². The second-order valence-electron chi connectivity index (χ2n) is 5.27. The molecular weight excluding hydrogens is 284 g/mol. The SMILES string of the molecule is Cc1ccc(C)c(/C=C2\SC(N3CCOCC3)=NC2=O)c1. The van der Waals surface area contributed by atoms with Crippen LogP contribution < -0.4 is 0 Å². The Kier molecular flexibility index (Phi) is 4.12. The Bertz CT molecular complexity index is 631. The second-order valence-corrected chi connectivity index (χ2v) is 6.28. The van der Waals surface area contributed by atoms with Gasteiger partial charge in [-0.15, -0.1) is 0 Å². The molecule has 0 unspecified atom stereocenters. The molecule has 0 bridgehead atoms. The molecule has 0 N–H and O–H groups in total. The normalized spacial score (nSPS) is 21.0. The van der Waals surface area contributed by atoms with Gasteiger partial charge in [-0.05, 0) is 42.8 Å². The zero-order chi connectivity index (χ0) is 14.8. The largest absolute Gasteiger partial charge is 0.378 e. The van der Waals surface area contributed by atoms with Crippen molar-refractivity contribution >= 4 is 28.9 Å². The summed E-state index contributed by atoms with van der Waals surface area (Å²) in [6.45, 7) is 7.11. The third kappa shape index (κ3) is 3.19. The zero-order valence-electron chi connectivity index (χ0n) is 12.3. The summed E-state index contributed by atoms with van der Waals surface area (Å²) >= 11 is 1.47. The van der Waals surface area contributed by atoms with Crippen LogP contribution in [-0.4, -0.2) is 42.3 Å². The Balaban J connectivity index is 1.80. The minimum Gasteiger partial charge on any atom is -0.378 e. The number of rotatable bonds is 1. The van der Waals surface area contributed by atoms with Gasteiger partial charge in [-0.1, -0.05) is 23.8 Å². The first-order valence-electron chi connectivity index (χ1n) is 7.06. The van der Waals surface area contributed by atoms with E-state index >= 15 is 0 Å². The highest BCUT2D eigenvalue weighted by Crippen LogP contribution is 2.31. The summed E-state index contributed by atoms with van der Waals surface area (Å²) in [6.07, 6.45) is 1.95. The highest BCUT2D eigenvalue weighted by atomic mass is 32.2. The average Bonchev–Trinajstić information content (AvgIpc) is 2.85. The molecule has 0 saturated carbocycles. The lowest BCUT2D eigenvalue weighted by molar-refractivity contribution is -0.113. The summed E-state index contributed by atoms with van der Waals surface area (Å²) in [5, 5.41) is 0.805. The fraction of sp³-hybridized carbons (Fsp3) is 0.375. The van der Waals surface area contributed by atoms with Crippen molar-refractivity contribution in [2.45, 2.75) is 13.8 Å². The average molecular weight is 302 g/mol. The van der Waals surface area contributed by atoms with Crippen molar-refractivity contribution in [2.24, 2.45) is 4.99 Å². The summed E-state index contributed by atoms with van der Waals surface area (Å²) in [4.78, 5) is 19.1. The van der Waals surface area contributed by atoms with Gasteiger partial charge in [-0.3, -0.25) is 4.79 Å². The van der Waals surface area contributed by atoms with Crippen LogP contribution in [0.25, 0.3) is 6.08 Å². The minimum atomic E-state index is -0.137. The topological polar surface area (TPSA) is 41.9 Å². The zero-order valence-corrected chi connectivity index (χ0v) is 13.1. The quantitative estimate of drug-likeness (QED) is 0.748. The van der Waals surface area contributed by atoms with Crippen LogP contribution >= 0.6 is 11.8 Å². The number of hydrogen-bond acceptors (Lipinski definition) is 4. The highest BCUT2D eigenvalue weighted by Gasteiger charge is 2.27. The third-order valence-electron chi connectivity index (χ3n) is 3.61. The van der Waals surface area contributed by atoms with Crippen LogP contribution in [0.4, 0.5) is 0 Å². The van der Waals surface area contributed by atoms with Crippen LogP contribution in [-0.2, 0) is 9.53 Å². The number of ether oxygens (including phenoxy) is 1. The standard InChI is InChI=1S/C16H18N2O2S/c1-11-3-4-12(2)13(9-11)10-14-15(19)17-16(21-14)18-5-7-20-8-6-18/h3-4,9-10H,5-8H2,1-2H3/b14-10-. The van der Waals surface area contributed by atoms with Crippen molar-refractivity contribution in [3.05, 3.63) is 39.8 Å². The van der Waals surface area contributed by atoms with E-state index in [2.05, 4.69) is 41.9 Å². The number of amides is 1. The number of benzene rings is 1. The van der Waals surface area contributed by atoms with Crippen molar-refractivity contribution in [1.29, 1.82) is 0 Å². The van der Waals surface area contributed by atoms with Gasteiger partial charge in [0.1, 0.15) is 0 Å². The number of morpholine rings is 1. The van der Waals surface area contributed by atoms with Gasteiger partial charge in [0, 0.05) is 13.1 Å². The van der Waals surface area contributed by atoms with Crippen molar-refractivity contribution in [1.82, 2.24) is 4.90 Å². The molecule has 1 saturated heterocycles. The van der Waals surface area contributed by atoms with Gasteiger partial charge in [-0.25, -0.2) is 0 Å². The summed E-state index contributed by atoms with van der Waals surface area (Å²) < 4.78 is 5.33. The van der Waals surface area contributed by atoms with Gasteiger partial charge in [0.05, 0.1) is 18.1 Å². The Hall–Kier alpha value is -1.59. The molecule has 21 heavy (non-hydrogen) atoms. The van der Waals surface area contributed by atoms with Gasteiger partial charge < -0.3 is 9.64 Å². The molecule has 1 fully saturated rings. The molecule has 1 amide bonds. The predicted molar refractivity (Wildman–Crippen MR) is 86.3 cm³/mol. The van der Waals surface area contributed by atoms with E-state index in [0.717, 1.165) is 23.8 Å². The van der Waals surface area contributed by atoms with Crippen LogP contribution in [0.3, 0.4) is 0 Å². The molecule has 3 rings (SSSR count). The number of aliphatic imine (C=N–C) groups is 1. The van der Waals surface area contributed by atoms with Crippen LogP contribution in [0, 0.1) is 13.8 Å². The molecule has 2 heterocycles. The summed E-state index contributed by atoms with van der Waals surface area (Å²) in [7, 11) is 0. The Labute approximate surface area is 128 Å². The number of carbonyl (C=O) groups is 1. The fourth-order valence-corrected chi connectivity index (χ4v) is 3.30.